The molecule has 2 rings (SSSR count). The van der Waals surface area contributed by atoms with Gasteiger partial charge in [0.25, 0.3) is 0 Å². The van der Waals surface area contributed by atoms with Gasteiger partial charge in [-0.05, 0) is 90.3 Å². The van der Waals surface area contributed by atoms with Crippen LogP contribution in [0.25, 0.3) is 0 Å². The van der Waals surface area contributed by atoms with Crippen LogP contribution in [0.5, 0.6) is 0 Å². The van der Waals surface area contributed by atoms with Crippen molar-refractivity contribution in [3.05, 3.63) is 0 Å². The summed E-state index contributed by atoms with van der Waals surface area (Å²) in [5, 5.41) is 0. The summed E-state index contributed by atoms with van der Waals surface area (Å²) in [5.41, 5.74) is 0.838. The summed E-state index contributed by atoms with van der Waals surface area (Å²) in [6, 6.07) is 0. The van der Waals surface area contributed by atoms with Crippen molar-refractivity contribution in [1.29, 1.82) is 0 Å². The van der Waals surface area contributed by atoms with Gasteiger partial charge in [0, 0.05) is 0 Å². The molecule has 2 aliphatic carbocycles. The highest BCUT2D eigenvalue weighted by Gasteiger charge is 2.74. The van der Waals surface area contributed by atoms with Crippen LogP contribution in [0.3, 0.4) is 0 Å². The van der Waals surface area contributed by atoms with E-state index in [0.29, 0.717) is 0 Å². The lowest BCUT2D eigenvalue weighted by Crippen LogP contribution is -2.23. The second-order valence-electron chi connectivity index (χ2n) is 13.6. The summed E-state index contributed by atoms with van der Waals surface area (Å²) in [5.74, 6) is 9.42. The third kappa shape index (κ3) is 7.25. The van der Waals surface area contributed by atoms with Gasteiger partial charge in [0.2, 0.25) is 0 Å². The Balaban J connectivity index is 1.58. The Hall–Kier alpha value is 0. The Bertz CT molecular complexity index is 520. The highest BCUT2D eigenvalue weighted by atomic mass is 14.8. The summed E-state index contributed by atoms with van der Waals surface area (Å²) in [6.45, 7) is 24.6. The lowest BCUT2D eigenvalue weighted by Gasteiger charge is -2.31. The third-order valence-corrected chi connectivity index (χ3v) is 11.2. The van der Waals surface area contributed by atoms with E-state index in [0.717, 1.165) is 64.6 Å². The van der Waals surface area contributed by atoms with E-state index in [-0.39, 0.29) is 0 Å². The summed E-state index contributed by atoms with van der Waals surface area (Å²) >= 11 is 0. The Morgan fingerprint density at radius 3 is 2.06 bits per heavy atom. The summed E-state index contributed by atoms with van der Waals surface area (Å²) in [6.07, 6.45) is 16.2. The maximum absolute atomic E-state index is 2.56. The highest BCUT2D eigenvalue weighted by molar-refractivity contribution is 5.22. The molecule has 0 heteroatoms. The predicted molar refractivity (Wildman–Crippen MR) is 145 cm³/mol. The number of hydrogen-bond donors (Lipinski definition) is 0. The Morgan fingerprint density at radius 2 is 1.47 bits per heavy atom. The van der Waals surface area contributed by atoms with Crippen molar-refractivity contribution in [3.63, 3.8) is 0 Å². The van der Waals surface area contributed by atoms with Crippen molar-refractivity contribution in [3.8, 4) is 0 Å². The second kappa shape index (κ2) is 12.6. The average Bonchev–Trinajstić information content (AvgIpc) is 3.63. The fraction of sp³-hybridized carbons (Fsp3) is 1.00. The van der Waals surface area contributed by atoms with E-state index in [1.807, 2.05) is 0 Å². The summed E-state index contributed by atoms with van der Waals surface area (Å²) in [4.78, 5) is 0. The monoisotopic (exact) mass is 446 g/mol. The lowest BCUT2D eigenvalue weighted by molar-refractivity contribution is 0.187. The fourth-order valence-corrected chi connectivity index (χ4v) is 7.43. The van der Waals surface area contributed by atoms with E-state index in [1.54, 1.807) is 6.42 Å². The Labute approximate surface area is 204 Å². The largest absolute Gasteiger partial charge is 0.0651 e. The van der Waals surface area contributed by atoms with Crippen molar-refractivity contribution in [1.82, 2.24) is 0 Å². The maximum atomic E-state index is 2.56. The average molecular weight is 447 g/mol. The highest BCUT2D eigenvalue weighted by Crippen LogP contribution is 2.80. The third-order valence-electron chi connectivity index (χ3n) is 11.2. The molecule has 2 saturated carbocycles. The molecule has 0 bridgehead atoms. The van der Waals surface area contributed by atoms with Gasteiger partial charge >= 0.3 is 0 Å². The first-order valence-electron chi connectivity index (χ1n) is 15.1. The predicted octanol–water partition coefficient (Wildman–Crippen LogP) is 10.7. The topological polar surface area (TPSA) is 0 Å². The zero-order chi connectivity index (χ0) is 24.1. The molecule has 32 heavy (non-hydrogen) atoms. The van der Waals surface area contributed by atoms with Gasteiger partial charge < -0.3 is 0 Å². The van der Waals surface area contributed by atoms with E-state index in [1.165, 1.54) is 64.2 Å². The molecule has 0 saturated heterocycles. The minimum absolute atomic E-state index is 0.812. The maximum Gasteiger partial charge on any atom is -0.0206 e. The summed E-state index contributed by atoms with van der Waals surface area (Å²) < 4.78 is 0. The van der Waals surface area contributed by atoms with Crippen molar-refractivity contribution in [2.24, 2.45) is 64.6 Å². The zero-order valence-electron chi connectivity index (χ0n) is 24.1. The molecule has 0 amide bonds. The molecule has 0 radical (unpaired) electrons. The van der Waals surface area contributed by atoms with Gasteiger partial charge in [-0.25, -0.2) is 0 Å². The van der Waals surface area contributed by atoms with Gasteiger partial charge in [-0.1, -0.05) is 114 Å². The summed E-state index contributed by atoms with van der Waals surface area (Å²) in [7, 11) is 0. The quantitative estimate of drug-likeness (QED) is 0.195. The molecule has 2 fully saturated rings. The molecule has 1 spiro atoms. The molecule has 0 aromatic rings. The SMILES string of the molecule is CCC(C)CC1C(C)C12CC2CCCCC(C)CCC(CC)CC(C)C(C)C(C)C(C)C. The molecule has 10 unspecified atom stereocenters. The van der Waals surface area contributed by atoms with E-state index in [2.05, 4.69) is 69.2 Å². The van der Waals surface area contributed by atoms with Crippen molar-refractivity contribution >= 4 is 0 Å². The molecular formula is C32H62. The Kier molecular flexibility index (Phi) is 11.1. The molecule has 2 aliphatic rings. The van der Waals surface area contributed by atoms with Gasteiger partial charge in [-0.3, -0.25) is 0 Å². The van der Waals surface area contributed by atoms with E-state index >= 15 is 0 Å². The van der Waals surface area contributed by atoms with Gasteiger partial charge in [0.05, 0.1) is 0 Å². The van der Waals surface area contributed by atoms with Crippen LogP contribution in [0, 0.1) is 64.6 Å². The van der Waals surface area contributed by atoms with Crippen LogP contribution >= 0.6 is 0 Å². The van der Waals surface area contributed by atoms with Crippen LogP contribution in [0.1, 0.15) is 140 Å². The lowest BCUT2D eigenvalue weighted by atomic mass is 9.74. The van der Waals surface area contributed by atoms with Crippen molar-refractivity contribution < 1.29 is 0 Å². The molecule has 0 aliphatic heterocycles. The van der Waals surface area contributed by atoms with Gasteiger partial charge in [0.15, 0.2) is 0 Å². The standard InChI is InChI=1S/C32H62/c1-11-23(5)19-31-28(10)32(31)21-30(32)16-14-13-15-24(6)17-18-29(12-2)20-25(7)27(9)26(8)22(3)4/h22-31H,11-21H2,1-10H3. The first kappa shape index (κ1) is 28.2. The van der Waals surface area contributed by atoms with E-state index in [4.69, 9.17) is 0 Å². The van der Waals surface area contributed by atoms with Crippen LogP contribution in [0.15, 0.2) is 0 Å². The van der Waals surface area contributed by atoms with Crippen molar-refractivity contribution in [2.45, 2.75) is 140 Å². The van der Waals surface area contributed by atoms with Crippen LogP contribution < -0.4 is 0 Å². The van der Waals surface area contributed by atoms with Crippen LogP contribution in [-0.2, 0) is 0 Å². The Morgan fingerprint density at radius 1 is 0.781 bits per heavy atom. The first-order chi connectivity index (χ1) is 15.1. The molecule has 190 valence electrons. The minimum Gasteiger partial charge on any atom is -0.0651 e. The zero-order valence-corrected chi connectivity index (χ0v) is 24.1. The van der Waals surface area contributed by atoms with E-state index < -0.39 is 0 Å². The van der Waals surface area contributed by atoms with E-state index in [9.17, 15) is 0 Å². The molecule has 0 aromatic heterocycles. The molecular weight excluding hydrogens is 384 g/mol. The van der Waals surface area contributed by atoms with Crippen LogP contribution in [0.4, 0.5) is 0 Å². The first-order valence-corrected chi connectivity index (χ1v) is 15.1. The molecule has 0 heterocycles. The number of rotatable bonds is 17. The minimum atomic E-state index is 0.812. The molecule has 0 N–H and O–H groups in total. The number of hydrogen-bond acceptors (Lipinski definition) is 0. The normalized spacial score (nSPS) is 32.5. The molecule has 0 aromatic carbocycles. The smallest absolute Gasteiger partial charge is 0.0206 e. The number of unbranched alkanes of at least 4 members (excludes halogenated alkanes) is 1. The van der Waals surface area contributed by atoms with Gasteiger partial charge in [-0.15, -0.1) is 0 Å². The van der Waals surface area contributed by atoms with Crippen LogP contribution in [-0.4, -0.2) is 0 Å². The fourth-order valence-electron chi connectivity index (χ4n) is 7.43. The second-order valence-corrected chi connectivity index (χ2v) is 13.6. The van der Waals surface area contributed by atoms with Crippen LogP contribution in [0.2, 0.25) is 0 Å². The molecule has 10 atom stereocenters. The molecule has 0 nitrogen and oxygen atoms in total. The van der Waals surface area contributed by atoms with Gasteiger partial charge in [0.1, 0.15) is 0 Å². The van der Waals surface area contributed by atoms with Gasteiger partial charge in [-0.2, -0.15) is 0 Å². The van der Waals surface area contributed by atoms with Crippen molar-refractivity contribution in [2.75, 3.05) is 0 Å².